The van der Waals surface area contributed by atoms with E-state index >= 15 is 0 Å². The summed E-state index contributed by atoms with van der Waals surface area (Å²) in [5.74, 6) is -0.337. The van der Waals surface area contributed by atoms with Crippen molar-refractivity contribution >= 4 is 11.9 Å². The van der Waals surface area contributed by atoms with Crippen LogP contribution in [0.3, 0.4) is 0 Å². The van der Waals surface area contributed by atoms with E-state index in [-0.39, 0.29) is 54.7 Å². The quantitative estimate of drug-likeness (QED) is 0.808. The number of benzene rings is 1. The molecule has 8 nitrogen and oxygen atoms in total. The van der Waals surface area contributed by atoms with Crippen molar-refractivity contribution in [1.29, 1.82) is 0 Å². The summed E-state index contributed by atoms with van der Waals surface area (Å²) in [5.41, 5.74) is 1.22. The van der Waals surface area contributed by atoms with E-state index in [0.717, 1.165) is 5.56 Å². The molecule has 0 unspecified atom stereocenters. The van der Waals surface area contributed by atoms with Crippen LogP contribution < -0.4 is 15.2 Å². The van der Waals surface area contributed by atoms with Crippen molar-refractivity contribution in [3.63, 3.8) is 0 Å². The lowest BCUT2D eigenvalue weighted by Gasteiger charge is -2.45. The van der Waals surface area contributed by atoms with Gasteiger partial charge in [0, 0.05) is 19.2 Å². The monoisotopic (exact) mass is 382 g/mol. The lowest BCUT2D eigenvalue weighted by atomic mass is 10.1. The van der Waals surface area contributed by atoms with E-state index in [2.05, 4.69) is 0 Å². The van der Waals surface area contributed by atoms with Gasteiger partial charge in [0.05, 0.1) is 12.2 Å². The minimum Gasteiger partial charge on any atom is -0.482 e. The number of nitrogens with zero attached hydrogens (tertiary/aromatic N) is 4. The van der Waals surface area contributed by atoms with Gasteiger partial charge in [-0.05, 0) is 19.4 Å². The fourth-order valence-electron chi connectivity index (χ4n) is 3.54. The predicted octanol–water partition coefficient (Wildman–Crippen LogP) is 1.75. The predicted molar refractivity (Wildman–Crippen MR) is 103 cm³/mol. The molecule has 2 aliphatic rings. The van der Waals surface area contributed by atoms with Gasteiger partial charge in [0.1, 0.15) is 13.3 Å². The normalized spacial score (nSPS) is 15.9. The minimum absolute atomic E-state index is 0.0229. The first-order valence-corrected chi connectivity index (χ1v) is 9.18. The van der Waals surface area contributed by atoms with Crippen LogP contribution in [0, 0.1) is 0 Å². The zero-order chi connectivity index (χ0) is 20.0. The Morgan fingerprint density at radius 1 is 1.11 bits per heavy atom. The van der Waals surface area contributed by atoms with Gasteiger partial charge in [-0.2, -0.15) is 0 Å². The van der Waals surface area contributed by atoms with Crippen molar-refractivity contribution in [3.8, 4) is 5.75 Å². The molecular weight excluding hydrogens is 360 g/mol. The van der Waals surface area contributed by atoms with Crippen molar-refractivity contribution in [1.82, 2.24) is 14.5 Å². The summed E-state index contributed by atoms with van der Waals surface area (Å²) < 4.78 is 7.37. The molecule has 0 bridgehead atoms. The second kappa shape index (κ2) is 6.70. The van der Waals surface area contributed by atoms with E-state index in [1.807, 2.05) is 44.2 Å². The number of hydrogen-bond acceptors (Lipinski definition) is 4. The van der Waals surface area contributed by atoms with Crippen LogP contribution in [0.2, 0.25) is 0 Å². The standard InChI is InChI=1S/C20H22N4O4/c1-13(2)22-12-23-20(27)21(3)10-15-9-16(25)18(17(19(22)26)24(15)23)28-11-14-7-5-4-6-8-14/h4-9,13H,10-12H2,1-3H3. The number of urea groups is 1. The average Bonchev–Trinajstić information content (AvgIpc) is 2.67. The molecule has 0 saturated heterocycles. The topological polar surface area (TPSA) is 75.1 Å². The van der Waals surface area contributed by atoms with Crippen LogP contribution in [-0.2, 0) is 13.2 Å². The van der Waals surface area contributed by atoms with Gasteiger partial charge in [-0.15, -0.1) is 0 Å². The highest BCUT2D eigenvalue weighted by Gasteiger charge is 2.41. The highest BCUT2D eigenvalue weighted by molar-refractivity contribution is 5.99. The molecule has 146 valence electrons. The van der Waals surface area contributed by atoms with Gasteiger partial charge in [-0.3, -0.25) is 9.59 Å². The summed E-state index contributed by atoms with van der Waals surface area (Å²) in [7, 11) is 1.67. The number of rotatable bonds is 4. The molecule has 0 aliphatic carbocycles. The minimum atomic E-state index is -0.362. The Balaban J connectivity index is 1.84. The van der Waals surface area contributed by atoms with Crippen LogP contribution in [0.4, 0.5) is 4.79 Å². The van der Waals surface area contributed by atoms with E-state index in [4.69, 9.17) is 4.74 Å². The van der Waals surface area contributed by atoms with Crippen LogP contribution in [0.5, 0.6) is 5.75 Å². The number of carbonyl (C=O) groups is 2. The van der Waals surface area contributed by atoms with Crippen LogP contribution in [0.1, 0.15) is 35.6 Å². The zero-order valence-electron chi connectivity index (χ0n) is 16.1. The zero-order valence-corrected chi connectivity index (χ0v) is 16.1. The number of hydrogen-bond donors (Lipinski definition) is 0. The Morgan fingerprint density at radius 3 is 2.50 bits per heavy atom. The summed E-state index contributed by atoms with van der Waals surface area (Å²) in [6.07, 6.45) is 0. The molecule has 0 radical (unpaired) electrons. The van der Waals surface area contributed by atoms with Gasteiger partial charge < -0.3 is 14.5 Å². The molecule has 2 aromatic rings. The van der Waals surface area contributed by atoms with Crippen molar-refractivity contribution in [2.24, 2.45) is 0 Å². The highest BCUT2D eigenvalue weighted by Crippen LogP contribution is 2.28. The first kappa shape index (κ1) is 18.1. The van der Waals surface area contributed by atoms with Gasteiger partial charge in [0.15, 0.2) is 11.4 Å². The van der Waals surface area contributed by atoms with Crippen molar-refractivity contribution in [2.75, 3.05) is 18.7 Å². The first-order valence-electron chi connectivity index (χ1n) is 9.18. The number of aromatic nitrogens is 1. The molecule has 3 heterocycles. The number of ether oxygens (including phenoxy) is 1. The molecule has 1 aromatic heterocycles. The molecule has 28 heavy (non-hydrogen) atoms. The Morgan fingerprint density at radius 2 is 1.82 bits per heavy atom. The maximum Gasteiger partial charge on any atom is 0.340 e. The van der Waals surface area contributed by atoms with E-state index in [1.54, 1.807) is 16.6 Å². The van der Waals surface area contributed by atoms with E-state index in [0.29, 0.717) is 5.69 Å². The average molecular weight is 382 g/mol. The van der Waals surface area contributed by atoms with Crippen molar-refractivity contribution in [3.05, 3.63) is 63.6 Å². The summed E-state index contributed by atoms with van der Waals surface area (Å²) in [5, 5.41) is 1.48. The third-order valence-electron chi connectivity index (χ3n) is 5.01. The molecule has 0 fully saturated rings. The molecule has 0 spiro atoms. The smallest absolute Gasteiger partial charge is 0.340 e. The van der Waals surface area contributed by atoms with Gasteiger partial charge in [-0.1, -0.05) is 30.3 Å². The van der Waals surface area contributed by atoms with E-state index in [9.17, 15) is 14.4 Å². The molecule has 0 saturated carbocycles. The maximum atomic E-state index is 13.2. The van der Waals surface area contributed by atoms with Gasteiger partial charge in [-0.25, -0.2) is 14.5 Å². The molecular formula is C20H22N4O4. The molecule has 2 aliphatic heterocycles. The van der Waals surface area contributed by atoms with Crippen LogP contribution in [0.15, 0.2) is 41.2 Å². The van der Waals surface area contributed by atoms with E-state index < -0.39 is 0 Å². The second-order valence-electron chi connectivity index (χ2n) is 7.31. The van der Waals surface area contributed by atoms with Crippen molar-refractivity contribution in [2.45, 2.75) is 33.0 Å². The molecule has 0 atom stereocenters. The van der Waals surface area contributed by atoms with Gasteiger partial charge in [0.25, 0.3) is 5.91 Å². The largest absolute Gasteiger partial charge is 0.482 e. The highest BCUT2D eigenvalue weighted by atomic mass is 16.5. The molecule has 4 rings (SSSR count). The number of pyridine rings is 1. The fraction of sp³-hybridized carbons (Fsp3) is 0.350. The Bertz CT molecular complexity index is 999. The Hall–Kier alpha value is -3.29. The molecule has 3 amide bonds. The second-order valence-corrected chi connectivity index (χ2v) is 7.31. The summed E-state index contributed by atoms with van der Waals surface area (Å²) in [6, 6.07) is 10.5. The van der Waals surface area contributed by atoms with Crippen LogP contribution in [0.25, 0.3) is 0 Å². The number of carbonyl (C=O) groups excluding carboxylic acids is 2. The molecule has 0 N–H and O–H groups in total. The van der Waals surface area contributed by atoms with Crippen LogP contribution >= 0.6 is 0 Å². The SMILES string of the molecule is CC(C)N1CN2C(=O)N(C)Cc3cc(=O)c(OCc4ccccc4)c(n32)C1=O. The summed E-state index contributed by atoms with van der Waals surface area (Å²) in [6.45, 7) is 4.29. The van der Waals surface area contributed by atoms with Crippen LogP contribution in [-0.4, -0.2) is 46.2 Å². The first-order chi connectivity index (χ1) is 13.4. The third-order valence-corrected chi connectivity index (χ3v) is 5.01. The fourth-order valence-corrected chi connectivity index (χ4v) is 3.54. The van der Waals surface area contributed by atoms with Gasteiger partial charge >= 0.3 is 6.03 Å². The maximum absolute atomic E-state index is 13.2. The summed E-state index contributed by atoms with van der Waals surface area (Å²) >= 11 is 0. The lowest BCUT2D eigenvalue weighted by molar-refractivity contribution is 0.0617. The number of amides is 3. The Kier molecular flexibility index (Phi) is 4.33. The molecule has 8 heteroatoms. The van der Waals surface area contributed by atoms with Crippen molar-refractivity contribution < 1.29 is 14.3 Å². The summed E-state index contributed by atoms with van der Waals surface area (Å²) in [4.78, 5) is 41.8. The molecule has 1 aromatic carbocycles. The third kappa shape index (κ3) is 2.81. The van der Waals surface area contributed by atoms with Gasteiger partial charge in [0.2, 0.25) is 5.43 Å². The van der Waals surface area contributed by atoms with E-state index in [1.165, 1.54) is 16.0 Å². The Labute approximate surface area is 162 Å². The lowest BCUT2D eigenvalue weighted by Crippen LogP contribution is -2.63.